The Morgan fingerprint density at radius 2 is 1.45 bits per heavy atom. The minimum absolute atomic E-state index is 0.425. The molecule has 0 aromatic heterocycles. The van der Waals surface area contributed by atoms with Crippen LogP contribution in [0.25, 0.3) is 0 Å². The van der Waals surface area contributed by atoms with Gasteiger partial charge in [-0.25, -0.2) is 0 Å². The van der Waals surface area contributed by atoms with Crippen LogP contribution in [0.1, 0.15) is 0 Å². The number of ether oxygens (including phenoxy) is 2. The van der Waals surface area contributed by atoms with Crippen molar-refractivity contribution in [2.75, 3.05) is 14.2 Å². The normalized spacial score (nSPS) is 7.82. The van der Waals surface area contributed by atoms with E-state index in [0.717, 1.165) is 14.2 Å². The molecule has 5 nitrogen and oxygen atoms in total. The molecular weight excluding hydrogens is 191 g/mol. The number of rotatable bonds is 2. The Kier molecular flexibility index (Phi) is 4.57. The summed E-state index contributed by atoms with van der Waals surface area (Å²) in [4.78, 5) is 21.2. The third kappa shape index (κ3) is 2.73. The average Bonchev–Trinajstić information content (AvgIpc) is 2.05. The molecule has 0 aromatic rings. The summed E-state index contributed by atoms with van der Waals surface area (Å²) in [6.45, 7) is 0. The monoisotopic (exact) mass is 197 g/mol. The zero-order valence-electron chi connectivity index (χ0n) is 5.99. The zero-order chi connectivity index (χ0) is 8.85. The summed E-state index contributed by atoms with van der Waals surface area (Å²) in [5, 5.41) is 0. The van der Waals surface area contributed by atoms with E-state index in [2.05, 4.69) is 9.47 Å². The van der Waals surface area contributed by atoms with Crippen molar-refractivity contribution in [2.24, 2.45) is 0 Å². The van der Waals surface area contributed by atoms with Crippen LogP contribution in [-0.4, -0.2) is 30.4 Å². The first-order chi connectivity index (χ1) is 5.17. The average molecular weight is 197 g/mol. The van der Waals surface area contributed by atoms with Crippen molar-refractivity contribution in [1.82, 2.24) is 0 Å². The van der Waals surface area contributed by atoms with Crippen molar-refractivity contribution in [1.29, 1.82) is 0 Å². The molecule has 0 saturated carbocycles. The SMILES string of the molecule is COC(=O)[C](=[V]=[O])C(=O)OC. The minimum atomic E-state index is -1.70. The topological polar surface area (TPSA) is 69.7 Å². The number of carbonyl (C=O) groups is 2. The Bertz CT molecular complexity index is 209. The van der Waals surface area contributed by atoms with Crippen LogP contribution in [0.5, 0.6) is 0 Å². The predicted molar refractivity (Wildman–Crippen MR) is 29.7 cm³/mol. The molecule has 6 heteroatoms. The first-order valence-electron chi connectivity index (χ1n) is 2.54. The number of methoxy groups -OCH3 is 2. The molecule has 0 fully saturated rings. The number of hydrogen-bond donors (Lipinski definition) is 0. The Hall–Kier alpha value is -0.806. The van der Waals surface area contributed by atoms with Gasteiger partial charge in [0, 0.05) is 0 Å². The van der Waals surface area contributed by atoms with Crippen LogP contribution in [0.4, 0.5) is 0 Å². The van der Waals surface area contributed by atoms with Gasteiger partial charge in [-0.2, -0.15) is 0 Å². The van der Waals surface area contributed by atoms with E-state index in [9.17, 15) is 13.3 Å². The molecule has 11 heavy (non-hydrogen) atoms. The van der Waals surface area contributed by atoms with Gasteiger partial charge >= 0.3 is 68.9 Å². The van der Waals surface area contributed by atoms with Crippen molar-refractivity contribution >= 4 is 16.2 Å². The zero-order valence-corrected chi connectivity index (χ0v) is 7.39. The summed E-state index contributed by atoms with van der Waals surface area (Å²) in [6, 6.07) is 0. The van der Waals surface area contributed by atoms with Gasteiger partial charge in [-0.1, -0.05) is 0 Å². The summed E-state index contributed by atoms with van der Waals surface area (Å²) < 4.78 is 18.2. The Morgan fingerprint density at radius 3 is 1.64 bits per heavy atom. The molecule has 0 rings (SSSR count). The number of carbonyl (C=O) groups excluding carboxylic acids is 2. The van der Waals surface area contributed by atoms with E-state index in [4.69, 9.17) is 0 Å². The van der Waals surface area contributed by atoms with Gasteiger partial charge in [0.15, 0.2) is 0 Å². The third-order valence-electron chi connectivity index (χ3n) is 0.849. The molecular formula is C5H6O5V. The Balaban J connectivity index is 4.57. The standard InChI is InChI=1S/C5H6O4.O.V/c1-8-4(6)3-5(7)9-2;;/h1-2H3;;. The summed E-state index contributed by atoms with van der Waals surface area (Å²) in [7, 11) is 2.20. The maximum absolute atomic E-state index is 10.6. The molecule has 0 spiro atoms. The summed E-state index contributed by atoms with van der Waals surface area (Å²) in [5.74, 6) is -1.79. The number of hydrogen-bond acceptors (Lipinski definition) is 5. The van der Waals surface area contributed by atoms with E-state index in [1.807, 2.05) is 0 Å². The molecule has 0 aromatic carbocycles. The van der Waals surface area contributed by atoms with Crippen LogP contribution < -0.4 is 0 Å². The Morgan fingerprint density at radius 1 is 1.09 bits per heavy atom. The molecule has 0 amide bonds. The first kappa shape index (κ1) is 10.2. The molecule has 0 aliphatic rings. The van der Waals surface area contributed by atoms with E-state index < -0.39 is 32.0 Å². The van der Waals surface area contributed by atoms with Crippen molar-refractivity contribution in [3.8, 4) is 0 Å². The van der Waals surface area contributed by atoms with Crippen molar-refractivity contribution in [2.45, 2.75) is 0 Å². The fourth-order valence-corrected chi connectivity index (χ4v) is 0.869. The molecule has 0 N–H and O–H groups in total. The molecule has 0 heterocycles. The van der Waals surface area contributed by atoms with Crippen LogP contribution in [0, 0.1) is 0 Å². The molecule has 0 bridgehead atoms. The van der Waals surface area contributed by atoms with E-state index in [0.29, 0.717) is 0 Å². The molecule has 0 unspecified atom stereocenters. The predicted octanol–water partition coefficient (Wildman–Crippen LogP) is -1.07. The van der Waals surface area contributed by atoms with Gasteiger partial charge in [-0.05, 0) is 0 Å². The van der Waals surface area contributed by atoms with Gasteiger partial charge in [-0.3, -0.25) is 0 Å². The Labute approximate surface area is 69.5 Å². The van der Waals surface area contributed by atoms with Crippen LogP contribution >= 0.6 is 0 Å². The number of esters is 2. The second-order valence-corrected chi connectivity index (χ2v) is 2.41. The van der Waals surface area contributed by atoms with Gasteiger partial charge in [0.1, 0.15) is 0 Å². The maximum atomic E-state index is 10.6. The quantitative estimate of drug-likeness (QED) is 0.416. The van der Waals surface area contributed by atoms with Crippen LogP contribution in [-0.2, 0) is 38.5 Å². The van der Waals surface area contributed by atoms with Gasteiger partial charge in [0.2, 0.25) is 0 Å². The molecule has 0 aliphatic heterocycles. The molecule has 61 valence electrons. The van der Waals surface area contributed by atoms with E-state index >= 15 is 0 Å². The van der Waals surface area contributed by atoms with Gasteiger partial charge in [0.25, 0.3) is 0 Å². The summed E-state index contributed by atoms with van der Waals surface area (Å²) in [5.41, 5.74) is 0. The third-order valence-corrected chi connectivity index (χ3v) is 1.70. The van der Waals surface area contributed by atoms with Gasteiger partial charge < -0.3 is 0 Å². The summed E-state index contributed by atoms with van der Waals surface area (Å²) >= 11 is -1.70. The van der Waals surface area contributed by atoms with Gasteiger partial charge in [0.05, 0.1) is 0 Å². The fourth-order valence-electron chi connectivity index (χ4n) is 0.351. The molecule has 0 aliphatic carbocycles. The second kappa shape index (κ2) is 4.93. The van der Waals surface area contributed by atoms with Crippen LogP contribution in [0.3, 0.4) is 0 Å². The van der Waals surface area contributed by atoms with E-state index in [1.165, 1.54) is 0 Å². The van der Waals surface area contributed by atoms with Gasteiger partial charge in [-0.15, -0.1) is 0 Å². The van der Waals surface area contributed by atoms with Crippen molar-refractivity contribution in [3.05, 3.63) is 0 Å². The second-order valence-electron chi connectivity index (χ2n) is 1.42. The van der Waals surface area contributed by atoms with Crippen molar-refractivity contribution < 1.29 is 38.5 Å². The van der Waals surface area contributed by atoms with Crippen molar-refractivity contribution in [3.63, 3.8) is 0 Å². The molecule has 0 atom stereocenters. The van der Waals surface area contributed by atoms with Crippen LogP contribution in [0.15, 0.2) is 0 Å². The molecule has 0 radical (unpaired) electrons. The summed E-state index contributed by atoms with van der Waals surface area (Å²) in [6.07, 6.45) is 0. The first-order valence-corrected chi connectivity index (χ1v) is 3.81. The van der Waals surface area contributed by atoms with Crippen LogP contribution in [0.2, 0.25) is 0 Å². The van der Waals surface area contributed by atoms with E-state index in [-0.39, 0.29) is 0 Å². The van der Waals surface area contributed by atoms with E-state index in [1.54, 1.807) is 0 Å². The fraction of sp³-hybridized carbons (Fsp3) is 0.400. The molecule has 0 saturated heterocycles.